The standard InChI is InChI=1S/C10H18N2O3S/c1-6-12(7(4-16-6)8(13)14)9(15)10(2,3)5-11/h6-7H,4-5,11H2,1-3H3,(H,13,14). The van der Waals surface area contributed by atoms with Gasteiger partial charge in [-0.2, -0.15) is 0 Å². The maximum absolute atomic E-state index is 12.2. The summed E-state index contributed by atoms with van der Waals surface area (Å²) >= 11 is 1.48. The lowest BCUT2D eigenvalue weighted by Crippen LogP contribution is -2.51. The van der Waals surface area contributed by atoms with E-state index in [0.29, 0.717) is 5.75 Å². The fourth-order valence-corrected chi connectivity index (χ4v) is 2.75. The van der Waals surface area contributed by atoms with Crippen molar-refractivity contribution in [3.05, 3.63) is 0 Å². The number of hydrogen-bond acceptors (Lipinski definition) is 4. The fraction of sp³-hybridized carbons (Fsp3) is 0.800. The van der Waals surface area contributed by atoms with Crippen LogP contribution in [-0.2, 0) is 9.59 Å². The molecule has 92 valence electrons. The molecular formula is C10H18N2O3S. The molecule has 0 spiro atoms. The lowest BCUT2D eigenvalue weighted by atomic mass is 9.91. The molecule has 0 aliphatic carbocycles. The summed E-state index contributed by atoms with van der Waals surface area (Å²) in [6, 6.07) is -0.724. The molecular weight excluding hydrogens is 228 g/mol. The minimum Gasteiger partial charge on any atom is -0.480 e. The Kier molecular flexibility index (Phi) is 3.85. The number of carboxylic acid groups (broad SMARTS) is 1. The first-order chi connectivity index (χ1) is 7.31. The normalized spacial score (nSPS) is 25.9. The molecule has 16 heavy (non-hydrogen) atoms. The highest BCUT2D eigenvalue weighted by Crippen LogP contribution is 2.32. The minimum absolute atomic E-state index is 0.0978. The van der Waals surface area contributed by atoms with Crippen LogP contribution in [0.3, 0.4) is 0 Å². The molecule has 0 aromatic rings. The number of nitrogens with two attached hydrogens (primary N) is 1. The van der Waals surface area contributed by atoms with E-state index in [4.69, 9.17) is 10.8 Å². The first-order valence-corrected chi connectivity index (χ1v) is 6.23. The van der Waals surface area contributed by atoms with Gasteiger partial charge in [0.05, 0.1) is 10.8 Å². The Morgan fingerprint density at radius 2 is 2.12 bits per heavy atom. The first kappa shape index (κ1) is 13.3. The molecule has 2 atom stereocenters. The van der Waals surface area contributed by atoms with Gasteiger partial charge >= 0.3 is 5.97 Å². The molecule has 1 rings (SSSR count). The summed E-state index contributed by atoms with van der Waals surface area (Å²) in [5.74, 6) is -0.680. The van der Waals surface area contributed by atoms with E-state index in [1.54, 1.807) is 13.8 Å². The Labute approximate surface area is 99.4 Å². The average Bonchev–Trinajstić information content (AvgIpc) is 2.59. The van der Waals surface area contributed by atoms with Gasteiger partial charge < -0.3 is 15.7 Å². The van der Waals surface area contributed by atoms with Gasteiger partial charge in [0, 0.05) is 12.3 Å². The van der Waals surface area contributed by atoms with Crippen LogP contribution in [0.2, 0.25) is 0 Å². The van der Waals surface area contributed by atoms with Crippen LogP contribution in [0, 0.1) is 5.41 Å². The van der Waals surface area contributed by atoms with Crippen molar-refractivity contribution in [2.75, 3.05) is 12.3 Å². The first-order valence-electron chi connectivity index (χ1n) is 5.18. The third kappa shape index (κ3) is 2.32. The summed E-state index contributed by atoms with van der Waals surface area (Å²) in [6.45, 7) is 5.54. The number of nitrogens with zero attached hydrogens (tertiary/aromatic N) is 1. The van der Waals surface area contributed by atoms with Gasteiger partial charge in [-0.3, -0.25) is 4.79 Å². The number of carboxylic acids is 1. The SMILES string of the molecule is CC1SCC(C(=O)O)N1C(=O)C(C)(C)CN. The van der Waals surface area contributed by atoms with Gasteiger partial charge in [0.15, 0.2) is 0 Å². The van der Waals surface area contributed by atoms with Crippen molar-refractivity contribution in [1.82, 2.24) is 4.90 Å². The third-order valence-corrected chi connectivity index (χ3v) is 4.05. The van der Waals surface area contributed by atoms with Crippen LogP contribution >= 0.6 is 11.8 Å². The summed E-state index contributed by atoms with van der Waals surface area (Å²) in [5.41, 5.74) is 4.84. The van der Waals surface area contributed by atoms with Crippen molar-refractivity contribution < 1.29 is 14.7 Å². The van der Waals surface area contributed by atoms with E-state index in [9.17, 15) is 9.59 Å². The van der Waals surface area contributed by atoms with Gasteiger partial charge in [-0.1, -0.05) is 0 Å². The molecule has 0 aromatic heterocycles. The van der Waals surface area contributed by atoms with Gasteiger partial charge in [0.25, 0.3) is 0 Å². The second kappa shape index (κ2) is 4.63. The number of amides is 1. The zero-order valence-electron chi connectivity index (χ0n) is 9.77. The van der Waals surface area contributed by atoms with Crippen LogP contribution in [0.4, 0.5) is 0 Å². The van der Waals surface area contributed by atoms with Crippen molar-refractivity contribution in [1.29, 1.82) is 0 Å². The van der Waals surface area contributed by atoms with Crippen LogP contribution in [0.1, 0.15) is 20.8 Å². The molecule has 1 heterocycles. The topological polar surface area (TPSA) is 83.6 Å². The number of carbonyl (C=O) groups is 2. The van der Waals surface area contributed by atoms with Crippen LogP contribution in [0.5, 0.6) is 0 Å². The van der Waals surface area contributed by atoms with E-state index in [2.05, 4.69) is 0 Å². The summed E-state index contributed by atoms with van der Waals surface area (Å²) in [7, 11) is 0. The summed E-state index contributed by atoms with van der Waals surface area (Å²) in [5, 5.41) is 8.95. The number of thioether (sulfide) groups is 1. The van der Waals surface area contributed by atoms with Crippen molar-refractivity contribution >= 4 is 23.6 Å². The quantitative estimate of drug-likeness (QED) is 0.750. The molecule has 0 radical (unpaired) electrons. The monoisotopic (exact) mass is 246 g/mol. The second-order valence-corrected chi connectivity index (χ2v) is 5.94. The molecule has 3 N–H and O–H groups in total. The zero-order chi connectivity index (χ0) is 12.5. The van der Waals surface area contributed by atoms with E-state index < -0.39 is 17.4 Å². The summed E-state index contributed by atoms with van der Waals surface area (Å²) in [6.07, 6.45) is 0. The van der Waals surface area contributed by atoms with Crippen LogP contribution in [0.15, 0.2) is 0 Å². The predicted molar refractivity (Wildman–Crippen MR) is 63.0 cm³/mol. The highest BCUT2D eigenvalue weighted by atomic mass is 32.2. The minimum atomic E-state index is -0.946. The molecule has 1 fully saturated rings. The number of hydrogen-bond donors (Lipinski definition) is 2. The van der Waals surface area contributed by atoms with Gasteiger partial charge in [0.1, 0.15) is 6.04 Å². The molecule has 0 aromatic carbocycles. The zero-order valence-corrected chi connectivity index (χ0v) is 10.6. The number of rotatable bonds is 3. The van der Waals surface area contributed by atoms with E-state index in [1.807, 2.05) is 6.92 Å². The smallest absolute Gasteiger partial charge is 0.327 e. The Morgan fingerprint density at radius 3 is 2.56 bits per heavy atom. The largest absolute Gasteiger partial charge is 0.480 e. The van der Waals surface area contributed by atoms with Crippen molar-refractivity contribution in [2.45, 2.75) is 32.2 Å². The molecule has 1 saturated heterocycles. The van der Waals surface area contributed by atoms with E-state index in [0.717, 1.165) is 0 Å². The maximum Gasteiger partial charge on any atom is 0.327 e. The van der Waals surface area contributed by atoms with Crippen LogP contribution in [-0.4, -0.2) is 45.6 Å². The molecule has 1 aliphatic rings. The van der Waals surface area contributed by atoms with Crippen LogP contribution < -0.4 is 5.73 Å². The molecule has 0 saturated carbocycles. The Morgan fingerprint density at radius 1 is 1.56 bits per heavy atom. The van der Waals surface area contributed by atoms with Gasteiger partial charge in [-0.05, 0) is 20.8 Å². The average molecular weight is 246 g/mol. The van der Waals surface area contributed by atoms with E-state index >= 15 is 0 Å². The molecule has 1 amide bonds. The van der Waals surface area contributed by atoms with E-state index in [-0.39, 0.29) is 17.8 Å². The maximum atomic E-state index is 12.2. The summed E-state index contributed by atoms with van der Waals surface area (Å²) in [4.78, 5) is 24.7. The third-order valence-electron chi connectivity index (χ3n) is 2.83. The Bertz CT molecular complexity index is 306. The fourth-order valence-electron chi connectivity index (χ4n) is 1.58. The Hall–Kier alpha value is -0.750. The van der Waals surface area contributed by atoms with Crippen molar-refractivity contribution in [3.8, 4) is 0 Å². The molecule has 2 unspecified atom stereocenters. The Balaban J connectivity index is 2.92. The van der Waals surface area contributed by atoms with Crippen LogP contribution in [0.25, 0.3) is 0 Å². The second-order valence-electron chi connectivity index (χ2n) is 4.59. The van der Waals surface area contributed by atoms with E-state index in [1.165, 1.54) is 16.7 Å². The summed E-state index contributed by atoms with van der Waals surface area (Å²) < 4.78 is 0. The highest BCUT2D eigenvalue weighted by molar-refractivity contribution is 8.00. The van der Waals surface area contributed by atoms with Crippen molar-refractivity contribution in [3.63, 3.8) is 0 Å². The molecule has 1 aliphatic heterocycles. The molecule has 5 nitrogen and oxygen atoms in total. The number of carbonyl (C=O) groups excluding carboxylic acids is 1. The lowest BCUT2D eigenvalue weighted by Gasteiger charge is -2.32. The van der Waals surface area contributed by atoms with Crippen molar-refractivity contribution in [2.24, 2.45) is 11.1 Å². The highest BCUT2D eigenvalue weighted by Gasteiger charge is 2.43. The number of aliphatic carboxylic acids is 1. The lowest BCUT2D eigenvalue weighted by molar-refractivity contribution is -0.152. The van der Waals surface area contributed by atoms with Gasteiger partial charge in [-0.15, -0.1) is 11.8 Å². The molecule has 0 bridgehead atoms. The predicted octanol–water partition coefficient (Wildman–Crippen LogP) is 0.346. The van der Waals surface area contributed by atoms with Gasteiger partial charge in [-0.25, -0.2) is 4.79 Å². The van der Waals surface area contributed by atoms with Gasteiger partial charge in [0.2, 0.25) is 5.91 Å². The molecule has 6 heteroatoms.